The molecule has 1 nitrogen and oxygen atoms in total. The Hall–Kier alpha value is -1.19. The van der Waals surface area contributed by atoms with Gasteiger partial charge in [0.25, 0.3) is 0 Å². The van der Waals surface area contributed by atoms with E-state index in [1.54, 1.807) is 6.07 Å². The van der Waals surface area contributed by atoms with E-state index >= 15 is 0 Å². The number of fused-ring (bicyclic) bond motifs is 1. The maximum absolute atomic E-state index is 14.0. The first kappa shape index (κ1) is 14.7. The van der Waals surface area contributed by atoms with Gasteiger partial charge in [-0.1, -0.05) is 46.3 Å². The van der Waals surface area contributed by atoms with Gasteiger partial charge in [-0.25, -0.2) is 4.39 Å². The van der Waals surface area contributed by atoms with Crippen LogP contribution in [-0.2, 0) is 19.3 Å². The van der Waals surface area contributed by atoms with Crippen LogP contribution >= 0.6 is 15.9 Å². The zero-order valence-corrected chi connectivity index (χ0v) is 13.7. The zero-order valence-electron chi connectivity index (χ0n) is 12.1. The maximum Gasteiger partial charge on any atom is 0.127 e. The Morgan fingerprint density at radius 2 is 1.86 bits per heavy atom. The Bertz CT molecular complexity index is 616. The van der Waals surface area contributed by atoms with E-state index in [4.69, 9.17) is 0 Å². The molecule has 0 saturated heterocycles. The molecule has 110 valence electrons. The third kappa shape index (κ3) is 3.19. The average Bonchev–Trinajstić information content (AvgIpc) is 2.90. The number of nitrogens with one attached hydrogen (secondary N) is 1. The quantitative estimate of drug-likeness (QED) is 0.876. The highest BCUT2D eigenvalue weighted by molar-refractivity contribution is 9.10. The van der Waals surface area contributed by atoms with Crippen molar-refractivity contribution in [3.8, 4) is 0 Å². The number of likely N-dealkylation sites (N-methyl/N-ethyl adjacent to an activating group) is 1. The summed E-state index contributed by atoms with van der Waals surface area (Å²) < 4.78 is 14.8. The van der Waals surface area contributed by atoms with Crippen molar-refractivity contribution >= 4 is 15.9 Å². The number of benzene rings is 2. The van der Waals surface area contributed by atoms with Crippen molar-refractivity contribution in [2.24, 2.45) is 5.92 Å². The molecule has 3 heteroatoms. The van der Waals surface area contributed by atoms with Crippen LogP contribution in [0.3, 0.4) is 0 Å². The summed E-state index contributed by atoms with van der Waals surface area (Å²) in [5, 5.41) is 3.39. The van der Waals surface area contributed by atoms with Crippen molar-refractivity contribution in [2.75, 3.05) is 7.05 Å². The molecule has 1 N–H and O–H groups in total. The predicted molar refractivity (Wildman–Crippen MR) is 88.0 cm³/mol. The molecule has 0 aromatic heterocycles. The van der Waals surface area contributed by atoms with Crippen molar-refractivity contribution in [2.45, 2.75) is 25.3 Å². The lowest BCUT2D eigenvalue weighted by atomic mass is 9.91. The molecule has 21 heavy (non-hydrogen) atoms. The van der Waals surface area contributed by atoms with E-state index < -0.39 is 0 Å². The number of rotatable bonds is 4. The molecule has 0 spiro atoms. The summed E-state index contributed by atoms with van der Waals surface area (Å²) >= 11 is 3.31. The van der Waals surface area contributed by atoms with E-state index in [1.165, 1.54) is 11.1 Å². The van der Waals surface area contributed by atoms with Gasteiger partial charge in [0.2, 0.25) is 0 Å². The first-order valence-corrected chi connectivity index (χ1v) is 8.14. The summed E-state index contributed by atoms with van der Waals surface area (Å²) in [6.45, 7) is 0. The van der Waals surface area contributed by atoms with Crippen LogP contribution in [0.2, 0.25) is 0 Å². The van der Waals surface area contributed by atoms with E-state index in [1.807, 2.05) is 19.2 Å². The minimum absolute atomic E-state index is 0.125. The molecule has 1 aliphatic carbocycles. The summed E-state index contributed by atoms with van der Waals surface area (Å²) in [5.74, 6) is 0.413. The zero-order chi connectivity index (χ0) is 14.8. The molecule has 0 amide bonds. The molecule has 3 rings (SSSR count). The molecule has 0 aliphatic heterocycles. The molecule has 1 unspecified atom stereocenters. The molecule has 0 radical (unpaired) electrons. The van der Waals surface area contributed by atoms with E-state index in [0.717, 1.165) is 29.3 Å². The lowest BCUT2D eigenvalue weighted by molar-refractivity contribution is 0.379. The Balaban J connectivity index is 1.75. The lowest BCUT2D eigenvalue weighted by Gasteiger charge is -2.23. The normalized spacial score (nSPS) is 16.0. The molecular formula is C18H19BrFN. The van der Waals surface area contributed by atoms with Gasteiger partial charge in [-0.3, -0.25) is 0 Å². The highest BCUT2D eigenvalue weighted by atomic mass is 79.9. The topological polar surface area (TPSA) is 12.0 Å². The fourth-order valence-corrected chi connectivity index (χ4v) is 3.64. The summed E-state index contributed by atoms with van der Waals surface area (Å²) in [7, 11) is 1.98. The summed E-state index contributed by atoms with van der Waals surface area (Å²) in [4.78, 5) is 0. The van der Waals surface area contributed by atoms with Crippen molar-refractivity contribution < 1.29 is 4.39 Å². The van der Waals surface area contributed by atoms with Crippen LogP contribution < -0.4 is 5.32 Å². The number of hydrogen-bond acceptors (Lipinski definition) is 1. The molecule has 1 atom stereocenters. The highest BCUT2D eigenvalue weighted by Gasteiger charge is 2.28. The standard InChI is InChI=1S/C18H19BrFN/c1-21-18(10-14-6-7-16(19)11-17(14)20)15-8-12-4-2-3-5-13(12)9-15/h2-7,11,15,18,21H,8-10H2,1H3. The summed E-state index contributed by atoms with van der Waals surface area (Å²) in [6.07, 6.45) is 2.90. The Kier molecular flexibility index (Phi) is 4.41. The van der Waals surface area contributed by atoms with Gasteiger partial charge >= 0.3 is 0 Å². The first-order chi connectivity index (χ1) is 10.2. The molecule has 0 heterocycles. The third-order valence-corrected chi connectivity index (χ3v) is 4.97. The molecule has 0 fully saturated rings. The largest absolute Gasteiger partial charge is 0.316 e. The average molecular weight is 348 g/mol. The second kappa shape index (κ2) is 6.29. The van der Waals surface area contributed by atoms with Crippen LogP contribution in [0.25, 0.3) is 0 Å². The van der Waals surface area contributed by atoms with Gasteiger partial charge < -0.3 is 5.32 Å². The minimum Gasteiger partial charge on any atom is -0.316 e. The fraction of sp³-hybridized carbons (Fsp3) is 0.333. The van der Waals surface area contributed by atoms with Crippen LogP contribution in [0.4, 0.5) is 4.39 Å². The Morgan fingerprint density at radius 3 is 2.43 bits per heavy atom. The van der Waals surface area contributed by atoms with E-state index in [0.29, 0.717) is 12.0 Å². The predicted octanol–water partition coefficient (Wildman–Crippen LogP) is 4.13. The van der Waals surface area contributed by atoms with Gasteiger partial charge in [0.1, 0.15) is 5.82 Å². The van der Waals surface area contributed by atoms with E-state index in [-0.39, 0.29) is 5.82 Å². The van der Waals surface area contributed by atoms with Crippen LogP contribution in [0, 0.1) is 11.7 Å². The van der Waals surface area contributed by atoms with Gasteiger partial charge in [-0.05, 0) is 61.1 Å². The number of halogens is 2. The number of hydrogen-bond donors (Lipinski definition) is 1. The summed E-state index contributed by atoms with van der Waals surface area (Å²) in [5.41, 5.74) is 3.67. The van der Waals surface area contributed by atoms with Crippen molar-refractivity contribution in [3.63, 3.8) is 0 Å². The highest BCUT2D eigenvalue weighted by Crippen LogP contribution is 2.30. The van der Waals surface area contributed by atoms with Gasteiger partial charge in [0.15, 0.2) is 0 Å². The molecule has 2 aromatic rings. The first-order valence-electron chi connectivity index (χ1n) is 7.35. The van der Waals surface area contributed by atoms with Crippen LogP contribution in [0.15, 0.2) is 46.9 Å². The van der Waals surface area contributed by atoms with Crippen LogP contribution in [-0.4, -0.2) is 13.1 Å². The van der Waals surface area contributed by atoms with Gasteiger partial charge in [-0.2, -0.15) is 0 Å². The maximum atomic E-state index is 14.0. The van der Waals surface area contributed by atoms with Gasteiger partial charge in [-0.15, -0.1) is 0 Å². The smallest absolute Gasteiger partial charge is 0.127 e. The van der Waals surface area contributed by atoms with Crippen molar-refractivity contribution in [1.82, 2.24) is 5.32 Å². The Morgan fingerprint density at radius 1 is 1.19 bits per heavy atom. The SMILES string of the molecule is CNC(Cc1ccc(Br)cc1F)C1Cc2ccccc2C1. The lowest BCUT2D eigenvalue weighted by Crippen LogP contribution is -2.36. The molecule has 0 bridgehead atoms. The second-order valence-electron chi connectivity index (χ2n) is 5.77. The Labute approximate surface area is 133 Å². The minimum atomic E-state index is -0.125. The van der Waals surface area contributed by atoms with E-state index in [9.17, 15) is 4.39 Å². The molecule has 0 saturated carbocycles. The monoisotopic (exact) mass is 347 g/mol. The fourth-order valence-electron chi connectivity index (χ4n) is 3.31. The van der Waals surface area contributed by atoms with Crippen molar-refractivity contribution in [1.29, 1.82) is 0 Å². The van der Waals surface area contributed by atoms with Gasteiger partial charge in [0.05, 0.1) is 0 Å². The van der Waals surface area contributed by atoms with Crippen molar-refractivity contribution in [3.05, 3.63) is 69.4 Å². The molecule has 1 aliphatic rings. The molecular weight excluding hydrogens is 329 g/mol. The van der Waals surface area contributed by atoms with Gasteiger partial charge in [0, 0.05) is 10.5 Å². The van der Waals surface area contributed by atoms with Crippen LogP contribution in [0.5, 0.6) is 0 Å². The summed E-state index contributed by atoms with van der Waals surface area (Å²) in [6, 6.07) is 14.3. The second-order valence-corrected chi connectivity index (χ2v) is 6.69. The molecule has 2 aromatic carbocycles. The van der Waals surface area contributed by atoms with Crippen LogP contribution in [0.1, 0.15) is 16.7 Å². The van der Waals surface area contributed by atoms with E-state index in [2.05, 4.69) is 45.5 Å². The third-order valence-electron chi connectivity index (χ3n) is 4.48.